The van der Waals surface area contributed by atoms with Gasteiger partial charge in [-0.25, -0.2) is 9.97 Å². The van der Waals surface area contributed by atoms with Gasteiger partial charge in [-0.2, -0.15) is 5.26 Å². The van der Waals surface area contributed by atoms with Crippen LogP contribution in [0.5, 0.6) is 0 Å². The first kappa shape index (κ1) is 15.3. The standard InChI is InChI=1S/C15H15ClN6O/c16-12-6-10(7-17)8-20-13(12)21-11-2-1-5-22(9-11)14-15(23)19-4-3-18-14/h3-4,6,8,11H,1-2,5,9H2,(H,19,23)(H,20,21)/t11-/m1/s1. The Balaban J connectivity index is 1.73. The lowest BCUT2D eigenvalue weighted by Gasteiger charge is -2.33. The molecule has 0 saturated carbocycles. The second kappa shape index (κ2) is 6.67. The Kier molecular flexibility index (Phi) is 4.44. The lowest BCUT2D eigenvalue weighted by atomic mass is 10.1. The van der Waals surface area contributed by atoms with Crippen LogP contribution in [0.1, 0.15) is 18.4 Å². The molecule has 3 heterocycles. The van der Waals surface area contributed by atoms with Gasteiger partial charge < -0.3 is 15.2 Å². The molecular weight excluding hydrogens is 316 g/mol. The van der Waals surface area contributed by atoms with Crippen LogP contribution in [0.15, 0.2) is 29.5 Å². The molecule has 7 nitrogen and oxygen atoms in total. The summed E-state index contributed by atoms with van der Waals surface area (Å²) in [7, 11) is 0. The molecule has 3 rings (SSSR count). The van der Waals surface area contributed by atoms with E-state index in [0.29, 0.717) is 28.8 Å². The second-order valence-electron chi connectivity index (χ2n) is 5.34. The number of pyridine rings is 1. The Hall–Kier alpha value is -2.59. The number of anilines is 2. The zero-order chi connectivity index (χ0) is 16.2. The molecule has 1 fully saturated rings. The third kappa shape index (κ3) is 3.43. The van der Waals surface area contributed by atoms with Gasteiger partial charge in [-0.05, 0) is 18.9 Å². The maximum Gasteiger partial charge on any atom is 0.290 e. The van der Waals surface area contributed by atoms with E-state index in [1.807, 2.05) is 11.0 Å². The smallest absolute Gasteiger partial charge is 0.290 e. The molecule has 1 saturated heterocycles. The minimum absolute atomic E-state index is 0.100. The summed E-state index contributed by atoms with van der Waals surface area (Å²) in [4.78, 5) is 24.8. The first-order valence-corrected chi connectivity index (χ1v) is 7.66. The van der Waals surface area contributed by atoms with Crippen LogP contribution in [0.25, 0.3) is 0 Å². The van der Waals surface area contributed by atoms with Gasteiger partial charge >= 0.3 is 0 Å². The highest BCUT2D eigenvalue weighted by molar-refractivity contribution is 6.33. The fraction of sp³-hybridized carbons (Fsp3) is 0.333. The van der Waals surface area contributed by atoms with E-state index in [1.165, 1.54) is 12.4 Å². The average Bonchev–Trinajstić information content (AvgIpc) is 2.57. The summed E-state index contributed by atoms with van der Waals surface area (Å²) in [5, 5.41) is 12.5. The van der Waals surface area contributed by atoms with Crippen LogP contribution >= 0.6 is 11.6 Å². The van der Waals surface area contributed by atoms with Crippen molar-refractivity contribution >= 4 is 23.2 Å². The highest BCUT2D eigenvalue weighted by Crippen LogP contribution is 2.23. The summed E-state index contributed by atoms with van der Waals surface area (Å²) >= 11 is 6.15. The van der Waals surface area contributed by atoms with E-state index in [9.17, 15) is 4.79 Å². The highest BCUT2D eigenvalue weighted by atomic mass is 35.5. The third-order valence-electron chi connectivity index (χ3n) is 3.72. The molecule has 0 aromatic carbocycles. The number of nitrogens with zero attached hydrogens (tertiary/aromatic N) is 4. The summed E-state index contributed by atoms with van der Waals surface area (Å²) in [5.41, 5.74) is 0.230. The van der Waals surface area contributed by atoms with Crippen LogP contribution in [0, 0.1) is 11.3 Å². The summed E-state index contributed by atoms with van der Waals surface area (Å²) in [6.45, 7) is 1.42. The van der Waals surface area contributed by atoms with Crippen LogP contribution in [0.4, 0.5) is 11.6 Å². The van der Waals surface area contributed by atoms with Gasteiger partial charge in [0, 0.05) is 37.7 Å². The second-order valence-corrected chi connectivity index (χ2v) is 5.74. The number of H-pyrrole nitrogens is 1. The van der Waals surface area contributed by atoms with Crippen LogP contribution in [-0.4, -0.2) is 34.1 Å². The van der Waals surface area contributed by atoms with Gasteiger partial charge in [0.2, 0.25) is 0 Å². The van der Waals surface area contributed by atoms with E-state index in [4.69, 9.17) is 16.9 Å². The number of piperidine rings is 1. The normalized spacial score (nSPS) is 17.6. The van der Waals surface area contributed by atoms with Crippen molar-refractivity contribution in [3.63, 3.8) is 0 Å². The average molecular weight is 331 g/mol. The number of hydrogen-bond donors (Lipinski definition) is 2. The lowest BCUT2D eigenvalue weighted by molar-refractivity contribution is 0.524. The van der Waals surface area contributed by atoms with Gasteiger partial charge in [-0.1, -0.05) is 11.6 Å². The zero-order valence-electron chi connectivity index (χ0n) is 12.3. The van der Waals surface area contributed by atoms with E-state index in [2.05, 4.69) is 20.3 Å². The van der Waals surface area contributed by atoms with Gasteiger partial charge in [-0.15, -0.1) is 0 Å². The number of aromatic nitrogens is 3. The minimum Gasteiger partial charge on any atom is -0.364 e. The predicted octanol–water partition coefficient (Wildman–Crippen LogP) is 1.77. The number of nitriles is 1. The van der Waals surface area contributed by atoms with Crippen LogP contribution in [0.2, 0.25) is 5.02 Å². The first-order chi connectivity index (χ1) is 11.2. The molecule has 2 N–H and O–H groups in total. The molecule has 1 atom stereocenters. The molecule has 0 spiro atoms. The highest BCUT2D eigenvalue weighted by Gasteiger charge is 2.23. The van der Waals surface area contributed by atoms with Gasteiger partial charge in [-0.3, -0.25) is 4.79 Å². The van der Waals surface area contributed by atoms with Gasteiger partial charge in [0.15, 0.2) is 5.82 Å². The largest absolute Gasteiger partial charge is 0.364 e. The van der Waals surface area contributed by atoms with Gasteiger partial charge in [0.1, 0.15) is 11.9 Å². The quantitative estimate of drug-likeness (QED) is 0.890. The number of hydrogen-bond acceptors (Lipinski definition) is 6. The Morgan fingerprint density at radius 1 is 1.48 bits per heavy atom. The Morgan fingerprint density at radius 2 is 2.35 bits per heavy atom. The zero-order valence-corrected chi connectivity index (χ0v) is 13.0. The van der Waals surface area contributed by atoms with Crippen molar-refractivity contribution in [2.24, 2.45) is 0 Å². The van der Waals surface area contributed by atoms with Gasteiger partial charge in [0.05, 0.1) is 10.6 Å². The lowest BCUT2D eigenvalue weighted by Crippen LogP contribution is -2.44. The summed E-state index contributed by atoms with van der Waals surface area (Å²) in [6.07, 6.45) is 6.46. The van der Waals surface area contributed by atoms with Crippen LogP contribution in [-0.2, 0) is 0 Å². The van der Waals surface area contributed by atoms with E-state index in [0.717, 1.165) is 19.4 Å². The Morgan fingerprint density at radius 3 is 3.09 bits per heavy atom. The summed E-state index contributed by atoms with van der Waals surface area (Å²) < 4.78 is 0. The van der Waals surface area contributed by atoms with Crippen molar-refractivity contribution in [1.29, 1.82) is 5.26 Å². The topological polar surface area (TPSA) is 97.7 Å². The van der Waals surface area contributed by atoms with Gasteiger partial charge in [0.25, 0.3) is 5.56 Å². The Bertz CT molecular complexity index is 799. The van der Waals surface area contributed by atoms with Crippen molar-refractivity contribution in [2.75, 3.05) is 23.3 Å². The third-order valence-corrected chi connectivity index (χ3v) is 4.01. The molecule has 1 aliphatic heterocycles. The SMILES string of the molecule is N#Cc1cnc(N[C@@H]2CCCN(c3ncc[nH]c3=O)C2)c(Cl)c1. The fourth-order valence-corrected chi connectivity index (χ4v) is 2.88. The molecule has 2 aromatic rings. The van der Waals surface area contributed by atoms with E-state index in [-0.39, 0.29) is 11.6 Å². The molecule has 0 radical (unpaired) electrons. The molecule has 2 aromatic heterocycles. The number of halogens is 1. The molecule has 8 heteroatoms. The molecule has 1 aliphatic rings. The molecule has 0 aliphatic carbocycles. The van der Waals surface area contributed by atoms with Crippen molar-refractivity contribution in [3.05, 3.63) is 45.6 Å². The maximum absolute atomic E-state index is 11.9. The van der Waals surface area contributed by atoms with E-state index >= 15 is 0 Å². The maximum atomic E-state index is 11.9. The van der Waals surface area contributed by atoms with Crippen LogP contribution in [0.3, 0.4) is 0 Å². The van der Waals surface area contributed by atoms with Crippen molar-refractivity contribution in [3.8, 4) is 6.07 Å². The van der Waals surface area contributed by atoms with E-state index in [1.54, 1.807) is 12.3 Å². The molecule has 0 bridgehead atoms. The Labute approximate surface area is 137 Å². The van der Waals surface area contributed by atoms with Crippen molar-refractivity contribution in [1.82, 2.24) is 15.0 Å². The monoisotopic (exact) mass is 330 g/mol. The molecule has 118 valence electrons. The molecule has 0 amide bonds. The number of aromatic amines is 1. The van der Waals surface area contributed by atoms with E-state index < -0.39 is 0 Å². The first-order valence-electron chi connectivity index (χ1n) is 7.28. The summed E-state index contributed by atoms with van der Waals surface area (Å²) in [5.74, 6) is 0.977. The van der Waals surface area contributed by atoms with Crippen molar-refractivity contribution in [2.45, 2.75) is 18.9 Å². The minimum atomic E-state index is -0.192. The predicted molar refractivity (Wildman–Crippen MR) is 87.7 cm³/mol. The summed E-state index contributed by atoms with van der Waals surface area (Å²) in [6, 6.07) is 3.69. The number of nitrogens with one attached hydrogen (secondary N) is 2. The number of rotatable bonds is 3. The molecule has 23 heavy (non-hydrogen) atoms. The molecular formula is C15H15ClN6O. The van der Waals surface area contributed by atoms with Crippen molar-refractivity contribution < 1.29 is 0 Å². The van der Waals surface area contributed by atoms with Crippen LogP contribution < -0.4 is 15.8 Å². The molecule has 0 unspecified atom stereocenters. The fourth-order valence-electron chi connectivity index (χ4n) is 2.66.